The molecule has 12 heavy (non-hydrogen) atoms. The molecule has 1 aliphatic rings. The molecule has 0 spiro atoms. The maximum atomic E-state index is 6.53. The molecule has 0 amide bonds. The Kier molecular flexibility index (Phi) is 1.85. The number of benzene rings is 1. The molecular formula is C9H12BClSi. The molecule has 0 saturated carbocycles. The summed E-state index contributed by atoms with van der Waals surface area (Å²) in [6.45, 7) is 5.20. The van der Waals surface area contributed by atoms with Gasteiger partial charge in [0.15, 0.2) is 14.1 Å². The lowest BCUT2D eigenvalue weighted by atomic mass is 9.49. The van der Waals surface area contributed by atoms with Crippen LogP contribution in [0, 0.1) is 0 Å². The summed E-state index contributed by atoms with van der Waals surface area (Å²) in [7, 11) is -1.55. The highest BCUT2D eigenvalue weighted by Gasteiger charge is 2.40. The molecular weight excluding hydrogens is 182 g/mol. The van der Waals surface area contributed by atoms with E-state index >= 15 is 0 Å². The topological polar surface area (TPSA) is 0 Å². The van der Waals surface area contributed by atoms with Gasteiger partial charge in [0, 0.05) is 0 Å². The van der Waals surface area contributed by atoms with Crippen molar-refractivity contribution in [2.24, 2.45) is 0 Å². The summed E-state index contributed by atoms with van der Waals surface area (Å²) in [6.07, 6.45) is 0. The second kappa shape index (κ2) is 2.64. The molecule has 0 saturated heterocycles. The molecule has 1 heterocycles. The molecule has 0 fully saturated rings. The van der Waals surface area contributed by atoms with Crippen molar-refractivity contribution in [2.75, 3.05) is 0 Å². The second-order valence-corrected chi connectivity index (χ2v) is 9.73. The van der Waals surface area contributed by atoms with E-state index in [-0.39, 0.29) is 0 Å². The summed E-state index contributed by atoms with van der Waals surface area (Å²) in [5, 5.41) is 1.46. The number of hydrogen-bond donors (Lipinski definition) is 0. The molecule has 1 aromatic rings. The van der Waals surface area contributed by atoms with Gasteiger partial charge in [-0.05, 0) is 5.19 Å². The Bertz CT molecular complexity index is 311. The Morgan fingerprint density at radius 2 is 2.08 bits per heavy atom. The van der Waals surface area contributed by atoms with Gasteiger partial charge < -0.3 is 0 Å². The molecule has 62 valence electrons. The Hall–Kier alpha value is -0.208. The van der Waals surface area contributed by atoms with Crippen LogP contribution in [0.5, 0.6) is 0 Å². The van der Waals surface area contributed by atoms with Gasteiger partial charge in [-0.1, -0.05) is 49.0 Å². The largest absolute Gasteiger partial charge is 0.176 e. The molecule has 1 aromatic carbocycles. The lowest BCUT2D eigenvalue weighted by molar-refractivity contribution is 1.80. The molecule has 0 N–H and O–H groups in total. The third-order valence-corrected chi connectivity index (χ3v) is 6.77. The number of rotatable bonds is 0. The van der Waals surface area contributed by atoms with Crippen molar-refractivity contribution in [2.45, 2.75) is 19.3 Å². The Balaban J connectivity index is 2.58. The van der Waals surface area contributed by atoms with Crippen LogP contribution >= 0.6 is 11.1 Å². The van der Waals surface area contributed by atoms with Crippen LogP contribution in [0.15, 0.2) is 24.3 Å². The first-order chi connectivity index (χ1) is 5.61. The van der Waals surface area contributed by atoms with Crippen molar-refractivity contribution in [3.8, 4) is 0 Å². The second-order valence-electron chi connectivity index (χ2n) is 3.89. The summed E-state index contributed by atoms with van der Waals surface area (Å²) in [5.41, 5.74) is 1.49. The number of halogens is 1. The minimum absolute atomic E-state index is 0.676. The van der Waals surface area contributed by atoms with Crippen LogP contribution in [0.3, 0.4) is 0 Å². The van der Waals surface area contributed by atoms with E-state index in [0.29, 0.717) is 6.71 Å². The highest BCUT2D eigenvalue weighted by molar-refractivity contribution is 7.33. The van der Waals surface area contributed by atoms with Gasteiger partial charge in [-0.15, -0.1) is 0 Å². The first-order valence-corrected chi connectivity index (χ1v) is 8.11. The van der Waals surface area contributed by atoms with Crippen molar-refractivity contribution in [1.29, 1.82) is 0 Å². The van der Waals surface area contributed by atoms with Gasteiger partial charge in [-0.3, -0.25) is 0 Å². The van der Waals surface area contributed by atoms with Crippen molar-refractivity contribution in [3.63, 3.8) is 0 Å². The predicted molar refractivity (Wildman–Crippen MR) is 59.6 cm³/mol. The van der Waals surface area contributed by atoms with E-state index in [2.05, 4.69) is 37.6 Å². The van der Waals surface area contributed by atoms with Crippen molar-refractivity contribution in [1.82, 2.24) is 0 Å². The molecule has 1 atom stereocenters. The van der Waals surface area contributed by atoms with Crippen molar-refractivity contribution in [3.05, 3.63) is 24.3 Å². The average molecular weight is 195 g/mol. The lowest BCUT2D eigenvalue weighted by Crippen LogP contribution is -2.39. The first-order valence-electron chi connectivity index (χ1n) is 4.39. The Labute approximate surface area is 79.7 Å². The average Bonchev–Trinajstić information content (AvgIpc) is 2.25. The fourth-order valence-electron chi connectivity index (χ4n) is 2.20. The van der Waals surface area contributed by atoms with Gasteiger partial charge in [0.05, 0.1) is 0 Å². The SMILES string of the molecule is CB1C[Si](C)(Cl)c2ccccc21. The van der Waals surface area contributed by atoms with Crippen LogP contribution in [0.2, 0.25) is 19.3 Å². The zero-order chi connectivity index (χ0) is 8.77. The van der Waals surface area contributed by atoms with E-state index < -0.39 is 7.38 Å². The molecule has 3 heteroatoms. The van der Waals surface area contributed by atoms with E-state index in [4.69, 9.17) is 11.1 Å². The van der Waals surface area contributed by atoms with Crippen LogP contribution in [0.1, 0.15) is 0 Å². The molecule has 0 aromatic heterocycles. The maximum Gasteiger partial charge on any atom is 0.176 e. The van der Waals surface area contributed by atoms with Crippen molar-refractivity contribution >= 4 is 35.8 Å². The lowest BCUT2D eigenvalue weighted by Gasteiger charge is -2.12. The Morgan fingerprint density at radius 1 is 1.42 bits per heavy atom. The Morgan fingerprint density at radius 3 is 2.75 bits per heavy atom. The fourth-order valence-corrected chi connectivity index (χ4v) is 6.37. The zero-order valence-corrected chi connectivity index (χ0v) is 9.23. The summed E-state index contributed by atoms with van der Waals surface area (Å²) < 4.78 is 0. The van der Waals surface area contributed by atoms with Gasteiger partial charge >= 0.3 is 0 Å². The number of fused-ring (bicyclic) bond motifs is 1. The zero-order valence-electron chi connectivity index (χ0n) is 7.47. The van der Waals surface area contributed by atoms with Crippen LogP contribution in [0.25, 0.3) is 0 Å². The van der Waals surface area contributed by atoms with Gasteiger partial charge in [0.1, 0.15) is 0 Å². The third kappa shape index (κ3) is 1.14. The minimum atomic E-state index is -1.55. The molecule has 0 aliphatic carbocycles. The minimum Gasteiger partial charge on any atom is -0.162 e. The van der Waals surface area contributed by atoms with E-state index in [1.807, 2.05) is 0 Å². The van der Waals surface area contributed by atoms with Gasteiger partial charge in [0.25, 0.3) is 0 Å². The summed E-state index contributed by atoms with van der Waals surface area (Å²) in [5.74, 6) is 1.20. The highest BCUT2D eigenvalue weighted by Crippen LogP contribution is 2.21. The first kappa shape index (κ1) is 8.39. The normalized spacial score (nSPS) is 27.4. The van der Waals surface area contributed by atoms with E-state index in [0.717, 1.165) is 0 Å². The molecule has 0 nitrogen and oxygen atoms in total. The van der Waals surface area contributed by atoms with Crippen LogP contribution in [0.4, 0.5) is 0 Å². The van der Waals surface area contributed by atoms with Gasteiger partial charge in [0.2, 0.25) is 0 Å². The molecule has 0 bridgehead atoms. The molecule has 1 aliphatic heterocycles. The van der Waals surface area contributed by atoms with E-state index in [9.17, 15) is 0 Å². The van der Waals surface area contributed by atoms with Gasteiger partial charge in [-0.25, -0.2) is 0 Å². The predicted octanol–water partition coefficient (Wildman–Crippen LogP) is 1.59. The standard InChI is InChI=1S/C9H12BClSi/c1-10-7-12(2,11)9-6-4-3-5-8(9)10/h3-6H,7H2,1-2H3. The smallest absolute Gasteiger partial charge is 0.162 e. The molecule has 1 unspecified atom stereocenters. The van der Waals surface area contributed by atoms with Crippen LogP contribution < -0.4 is 10.6 Å². The fraction of sp³-hybridized carbons (Fsp3) is 0.333. The van der Waals surface area contributed by atoms with Crippen LogP contribution in [-0.4, -0.2) is 14.1 Å². The maximum absolute atomic E-state index is 6.53. The molecule has 2 rings (SSSR count). The monoisotopic (exact) mass is 194 g/mol. The summed E-state index contributed by atoms with van der Waals surface area (Å²) in [4.78, 5) is 0. The highest BCUT2D eigenvalue weighted by atomic mass is 35.6. The van der Waals surface area contributed by atoms with E-state index in [1.165, 1.54) is 16.6 Å². The molecule has 0 radical (unpaired) electrons. The van der Waals surface area contributed by atoms with Gasteiger partial charge in [-0.2, -0.15) is 11.1 Å². The third-order valence-electron chi connectivity index (χ3n) is 2.74. The van der Waals surface area contributed by atoms with Crippen LogP contribution in [-0.2, 0) is 0 Å². The van der Waals surface area contributed by atoms with E-state index in [1.54, 1.807) is 0 Å². The summed E-state index contributed by atoms with van der Waals surface area (Å²) in [6, 6.07) is 8.64. The number of hydrogen-bond acceptors (Lipinski definition) is 0. The quantitative estimate of drug-likeness (QED) is 0.435. The summed E-state index contributed by atoms with van der Waals surface area (Å²) >= 11 is 6.53. The van der Waals surface area contributed by atoms with Crippen molar-refractivity contribution < 1.29 is 0 Å².